The number of benzene rings is 2. The molecule has 1 atom stereocenters. The van der Waals surface area contributed by atoms with Gasteiger partial charge in [-0.2, -0.15) is 0 Å². The number of thiazole rings is 1. The second kappa shape index (κ2) is 10.6. The van der Waals surface area contributed by atoms with Crippen molar-refractivity contribution in [2.45, 2.75) is 19.4 Å². The molecule has 2 aromatic carbocycles. The molecule has 1 aromatic heterocycles. The summed E-state index contributed by atoms with van der Waals surface area (Å²) in [6.45, 7) is 5.81. The van der Waals surface area contributed by atoms with Gasteiger partial charge in [-0.3, -0.25) is 9.36 Å². The molecular weight excluding hydrogens is 507 g/mol. The minimum Gasteiger partial charge on any atom is -0.487 e. The van der Waals surface area contributed by atoms with Crippen molar-refractivity contribution in [3.05, 3.63) is 107 Å². The van der Waals surface area contributed by atoms with Crippen molar-refractivity contribution in [1.82, 2.24) is 4.57 Å². The fraction of sp³-hybridized carbons (Fsp3) is 0.192. The molecule has 0 saturated carbocycles. The predicted octanol–water partition coefficient (Wildman–Crippen LogP) is 4.67. The summed E-state index contributed by atoms with van der Waals surface area (Å²) in [6, 6.07) is 11.9. The van der Waals surface area contributed by atoms with E-state index in [-0.39, 0.29) is 12.2 Å². The summed E-state index contributed by atoms with van der Waals surface area (Å²) in [5, 5.41) is 0.727. The third-order valence-corrected chi connectivity index (χ3v) is 6.92. The Hall–Kier alpha value is -3.13. The molecule has 0 N–H and O–H groups in total. The van der Waals surface area contributed by atoms with E-state index in [1.54, 1.807) is 24.3 Å². The van der Waals surface area contributed by atoms with E-state index < -0.39 is 12.0 Å². The van der Waals surface area contributed by atoms with Gasteiger partial charge < -0.3 is 9.47 Å². The van der Waals surface area contributed by atoms with Crippen LogP contribution in [0.15, 0.2) is 76.2 Å². The van der Waals surface area contributed by atoms with Crippen LogP contribution in [0.4, 0.5) is 0 Å². The zero-order valence-corrected chi connectivity index (χ0v) is 21.4. The number of esters is 1. The predicted molar refractivity (Wildman–Crippen MR) is 139 cm³/mol. The average Bonchev–Trinajstić information content (AvgIpc) is 3.16. The van der Waals surface area contributed by atoms with Gasteiger partial charge in [0.2, 0.25) is 0 Å². The molecule has 2 heterocycles. The molecule has 9 heteroatoms. The quantitative estimate of drug-likeness (QED) is 0.330. The topological polar surface area (TPSA) is 69.9 Å². The molecule has 1 aliphatic heterocycles. The number of fused-ring (bicyclic) bond motifs is 1. The number of hydrogen-bond donors (Lipinski definition) is 0. The van der Waals surface area contributed by atoms with Gasteiger partial charge in [-0.15, -0.1) is 0 Å². The number of hydrogen-bond acceptors (Lipinski definition) is 6. The third kappa shape index (κ3) is 4.85. The normalized spacial score (nSPS) is 15.4. The number of carbonyl (C=O) groups is 1. The van der Waals surface area contributed by atoms with Crippen LogP contribution in [0.2, 0.25) is 10.0 Å². The van der Waals surface area contributed by atoms with Gasteiger partial charge in [0.1, 0.15) is 12.4 Å². The lowest BCUT2D eigenvalue weighted by Crippen LogP contribution is -2.40. The van der Waals surface area contributed by atoms with Crippen LogP contribution in [0.25, 0.3) is 6.08 Å². The molecule has 1 aliphatic rings. The van der Waals surface area contributed by atoms with Crippen molar-refractivity contribution >= 4 is 46.6 Å². The van der Waals surface area contributed by atoms with Gasteiger partial charge in [0.25, 0.3) is 5.56 Å². The Balaban J connectivity index is 1.99. The Bertz CT molecular complexity index is 1510. The number of ether oxygens (including phenoxy) is 2. The molecule has 0 fully saturated rings. The van der Waals surface area contributed by atoms with E-state index in [0.717, 1.165) is 5.56 Å². The van der Waals surface area contributed by atoms with Crippen LogP contribution in [0.1, 0.15) is 30.5 Å². The molecule has 0 saturated heterocycles. The summed E-state index contributed by atoms with van der Waals surface area (Å²) in [4.78, 5) is 31.7. The molecule has 35 heavy (non-hydrogen) atoms. The second-order valence-electron chi connectivity index (χ2n) is 7.60. The van der Waals surface area contributed by atoms with Crippen molar-refractivity contribution in [3.63, 3.8) is 0 Å². The smallest absolute Gasteiger partial charge is 0.338 e. The number of aromatic nitrogens is 1. The molecular formula is C26H22Cl2N2O4S. The maximum Gasteiger partial charge on any atom is 0.338 e. The largest absolute Gasteiger partial charge is 0.487 e. The highest BCUT2D eigenvalue weighted by Gasteiger charge is 2.33. The first kappa shape index (κ1) is 25.0. The number of methoxy groups -OCH3 is 1. The van der Waals surface area contributed by atoms with Gasteiger partial charge in [-0.1, -0.05) is 84.4 Å². The van der Waals surface area contributed by atoms with E-state index in [2.05, 4.69) is 11.6 Å². The highest BCUT2D eigenvalue weighted by molar-refractivity contribution is 7.07. The van der Waals surface area contributed by atoms with Gasteiger partial charge in [-0.05, 0) is 30.2 Å². The lowest BCUT2D eigenvalue weighted by Gasteiger charge is -2.25. The van der Waals surface area contributed by atoms with Crippen LogP contribution in [0.3, 0.4) is 0 Å². The second-order valence-corrected chi connectivity index (χ2v) is 9.46. The Morgan fingerprint density at radius 1 is 1.26 bits per heavy atom. The van der Waals surface area contributed by atoms with E-state index in [0.29, 0.717) is 48.4 Å². The molecule has 0 amide bonds. The number of nitrogens with zero attached hydrogens (tertiary/aromatic N) is 2. The maximum atomic E-state index is 13.7. The van der Waals surface area contributed by atoms with Crippen LogP contribution in [0, 0.1) is 0 Å². The fourth-order valence-electron chi connectivity index (χ4n) is 3.94. The van der Waals surface area contributed by atoms with Crippen molar-refractivity contribution in [3.8, 4) is 5.75 Å². The zero-order valence-electron chi connectivity index (χ0n) is 19.1. The van der Waals surface area contributed by atoms with Gasteiger partial charge >= 0.3 is 5.97 Å². The fourth-order valence-corrected chi connectivity index (χ4v) is 5.51. The summed E-state index contributed by atoms with van der Waals surface area (Å²) >= 11 is 13.8. The first-order valence-corrected chi connectivity index (χ1v) is 12.4. The molecule has 6 nitrogen and oxygen atoms in total. The van der Waals surface area contributed by atoms with Gasteiger partial charge in [0.15, 0.2) is 4.80 Å². The standard InChI is InChI=1S/C26H22Cl2N2O4S/c1-4-11-34-23-16(12-17(27)14-18(23)28)13-20-24(31)30-22(15-9-7-6-8-10-15)21(25(32)33-3)19(5-2)29-26(30)35-20/h4,6-10,12-14,22H,1,5,11H2,2-3H3/b20-13+/t22-/m0/s1. The number of halogens is 2. The summed E-state index contributed by atoms with van der Waals surface area (Å²) in [6.07, 6.45) is 3.78. The van der Waals surface area contributed by atoms with Crippen LogP contribution in [-0.4, -0.2) is 24.3 Å². The molecule has 0 unspecified atom stereocenters. The summed E-state index contributed by atoms with van der Waals surface area (Å²) < 4.78 is 12.7. The minimum absolute atomic E-state index is 0.236. The SMILES string of the molecule is C=CCOc1c(Cl)cc(Cl)cc1/C=c1/sc2n(c1=O)[C@@H](c1ccccc1)C(C(=O)OC)=C(CC)N=2. The highest BCUT2D eigenvalue weighted by atomic mass is 35.5. The number of allylic oxidation sites excluding steroid dienone is 1. The van der Waals surface area contributed by atoms with Crippen molar-refractivity contribution in [1.29, 1.82) is 0 Å². The Labute approximate surface area is 216 Å². The first-order chi connectivity index (χ1) is 16.9. The van der Waals surface area contributed by atoms with Crippen LogP contribution in [0.5, 0.6) is 5.75 Å². The molecule has 180 valence electrons. The monoisotopic (exact) mass is 528 g/mol. The van der Waals surface area contributed by atoms with E-state index >= 15 is 0 Å². The Kier molecular flexibility index (Phi) is 7.60. The third-order valence-electron chi connectivity index (χ3n) is 5.43. The van der Waals surface area contributed by atoms with E-state index in [4.69, 9.17) is 32.7 Å². The van der Waals surface area contributed by atoms with Crippen LogP contribution < -0.4 is 19.6 Å². The highest BCUT2D eigenvalue weighted by Crippen LogP contribution is 2.34. The number of carbonyl (C=O) groups excluding carboxylic acids is 1. The summed E-state index contributed by atoms with van der Waals surface area (Å²) in [7, 11) is 1.32. The molecule has 3 aromatic rings. The first-order valence-electron chi connectivity index (χ1n) is 10.8. The molecule has 0 spiro atoms. The zero-order chi connectivity index (χ0) is 25.1. The molecule has 4 rings (SSSR count). The molecule has 0 bridgehead atoms. The lowest BCUT2D eigenvalue weighted by atomic mass is 9.95. The summed E-state index contributed by atoms with van der Waals surface area (Å²) in [5.74, 6) is -0.124. The Morgan fingerprint density at radius 3 is 2.66 bits per heavy atom. The minimum atomic E-state index is -0.670. The van der Waals surface area contributed by atoms with Crippen molar-refractivity contribution < 1.29 is 14.3 Å². The summed E-state index contributed by atoms with van der Waals surface area (Å²) in [5.41, 5.74) is 1.96. The average molecular weight is 529 g/mol. The van der Waals surface area contributed by atoms with Crippen LogP contribution in [-0.2, 0) is 9.53 Å². The molecule has 0 radical (unpaired) electrons. The van der Waals surface area contributed by atoms with E-state index in [1.807, 2.05) is 37.3 Å². The van der Waals surface area contributed by atoms with Crippen molar-refractivity contribution in [2.24, 2.45) is 4.99 Å². The Morgan fingerprint density at radius 2 is 2.00 bits per heavy atom. The maximum absolute atomic E-state index is 13.7. The lowest BCUT2D eigenvalue weighted by molar-refractivity contribution is -0.136. The molecule has 0 aliphatic carbocycles. The van der Waals surface area contributed by atoms with Crippen molar-refractivity contribution in [2.75, 3.05) is 13.7 Å². The van der Waals surface area contributed by atoms with Gasteiger partial charge in [-0.25, -0.2) is 9.79 Å². The van der Waals surface area contributed by atoms with Gasteiger partial charge in [0.05, 0.1) is 34.0 Å². The van der Waals surface area contributed by atoms with E-state index in [9.17, 15) is 9.59 Å². The number of rotatable bonds is 7. The van der Waals surface area contributed by atoms with E-state index in [1.165, 1.54) is 23.0 Å². The van der Waals surface area contributed by atoms with Gasteiger partial charge in [0, 0.05) is 10.6 Å². The van der Waals surface area contributed by atoms with Crippen LogP contribution >= 0.6 is 34.5 Å².